The Bertz CT molecular complexity index is 334. The van der Waals surface area contributed by atoms with Crippen LogP contribution in [0.4, 0.5) is 0 Å². The summed E-state index contributed by atoms with van der Waals surface area (Å²) >= 11 is 0. The van der Waals surface area contributed by atoms with Crippen molar-refractivity contribution in [1.82, 2.24) is 14.9 Å². The second-order valence-electron chi connectivity index (χ2n) is 4.65. The summed E-state index contributed by atoms with van der Waals surface area (Å²) in [4.78, 5) is 9.63. The van der Waals surface area contributed by atoms with E-state index >= 15 is 0 Å². The number of H-pyrrole nitrogens is 1. The van der Waals surface area contributed by atoms with E-state index in [0.717, 1.165) is 31.4 Å². The van der Waals surface area contributed by atoms with Gasteiger partial charge < -0.3 is 10.1 Å². The van der Waals surface area contributed by atoms with Gasteiger partial charge in [-0.1, -0.05) is 12.2 Å². The van der Waals surface area contributed by atoms with Crippen molar-refractivity contribution in [2.75, 3.05) is 19.7 Å². The molecule has 94 valence electrons. The van der Waals surface area contributed by atoms with E-state index in [9.17, 15) is 0 Å². The number of aliphatic hydroxyl groups is 1. The lowest BCUT2D eigenvalue weighted by molar-refractivity contribution is 0.162. The van der Waals surface area contributed by atoms with Gasteiger partial charge in [-0.25, -0.2) is 4.98 Å². The Morgan fingerprint density at radius 1 is 1.47 bits per heavy atom. The van der Waals surface area contributed by atoms with Gasteiger partial charge in [0.2, 0.25) is 0 Å². The van der Waals surface area contributed by atoms with Crippen LogP contribution in [0.15, 0.2) is 24.5 Å². The highest BCUT2D eigenvalue weighted by Crippen LogP contribution is 2.19. The maximum absolute atomic E-state index is 9.11. The van der Waals surface area contributed by atoms with Gasteiger partial charge in [-0.3, -0.25) is 4.90 Å². The molecule has 0 fully saturated rings. The molecule has 2 N–H and O–H groups in total. The van der Waals surface area contributed by atoms with E-state index in [1.165, 1.54) is 19.3 Å². The molecule has 1 aliphatic carbocycles. The molecule has 0 aromatic carbocycles. The SMILES string of the molecule is OCCN(Cc1ncc[nH]1)CC1CC=CCC1. The fourth-order valence-corrected chi connectivity index (χ4v) is 2.36. The van der Waals surface area contributed by atoms with Gasteiger partial charge in [0.1, 0.15) is 5.82 Å². The second-order valence-corrected chi connectivity index (χ2v) is 4.65. The molecular weight excluding hydrogens is 214 g/mol. The zero-order valence-electron chi connectivity index (χ0n) is 10.2. The van der Waals surface area contributed by atoms with E-state index in [2.05, 4.69) is 27.0 Å². The number of aliphatic hydroxyl groups excluding tert-OH is 1. The summed E-state index contributed by atoms with van der Waals surface area (Å²) in [6.07, 6.45) is 11.8. The summed E-state index contributed by atoms with van der Waals surface area (Å²) in [7, 11) is 0. The normalized spacial score (nSPS) is 20.0. The number of hydrogen-bond donors (Lipinski definition) is 2. The third kappa shape index (κ3) is 3.98. The van der Waals surface area contributed by atoms with Crippen LogP contribution in [0.25, 0.3) is 0 Å². The van der Waals surface area contributed by atoms with Crippen LogP contribution in [0.5, 0.6) is 0 Å². The number of imidazole rings is 1. The van der Waals surface area contributed by atoms with Crippen molar-refractivity contribution in [3.05, 3.63) is 30.4 Å². The van der Waals surface area contributed by atoms with Gasteiger partial charge in [-0.15, -0.1) is 0 Å². The van der Waals surface area contributed by atoms with E-state index < -0.39 is 0 Å². The van der Waals surface area contributed by atoms with Crippen LogP contribution in [0.3, 0.4) is 0 Å². The fraction of sp³-hybridized carbons (Fsp3) is 0.615. The minimum atomic E-state index is 0.212. The zero-order valence-corrected chi connectivity index (χ0v) is 10.2. The Morgan fingerprint density at radius 2 is 2.41 bits per heavy atom. The van der Waals surface area contributed by atoms with Gasteiger partial charge in [-0.05, 0) is 25.2 Å². The Kier molecular flexibility index (Phi) is 4.76. The molecule has 1 aromatic heterocycles. The van der Waals surface area contributed by atoms with Crippen molar-refractivity contribution in [3.63, 3.8) is 0 Å². The molecule has 17 heavy (non-hydrogen) atoms. The van der Waals surface area contributed by atoms with Crippen molar-refractivity contribution in [2.45, 2.75) is 25.8 Å². The molecule has 1 atom stereocenters. The molecule has 1 aliphatic rings. The minimum Gasteiger partial charge on any atom is -0.395 e. The van der Waals surface area contributed by atoms with Gasteiger partial charge in [0.25, 0.3) is 0 Å². The molecule has 1 heterocycles. The quantitative estimate of drug-likeness (QED) is 0.736. The van der Waals surface area contributed by atoms with Crippen LogP contribution in [-0.4, -0.2) is 39.7 Å². The van der Waals surface area contributed by atoms with Crippen molar-refractivity contribution in [3.8, 4) is 0 Å². The maximum atomic E-state index is 9.11. The fourth-order valence-electron chi connectivity index (χ4n) is 2.36. The summed E-state index contributed by atoms with van der Waals surface area (Å²) in [5.41, 5.74) is 0. The first-order chi connectivity index (χ1) is 8.38. The Labute approximate surface area is 102 Å². The molecule has 0 bridgehead atoms. The summed E-state index contributed by atoms with van der Waals surface area (Å²) in [6.45, 7) is 2.78. The number of aromatic amines is 1. The molecule has 0 saturated carbocycles. The number of nitrogens with one attached hydrogen (secondary N) is 1. The molecule has 0 radical (unpaired) electrons. The predicted octanol–water partition coefficient (Wildman–Crippen LogP) is 1.56. The van der Waals surface area contributed by atoms with Crippen LogP contribution >= 0.6 is 0 Å². The highest BCUT2D eigenvalue weighted by Gasteiger charge is 2.15. The van der Waals surface area contributed by atoms with Crippen LogP contribution in [0.1, 0.15) is 25.1 Å². The average Bonchev–Trinajstić information content (AvgIpc) is 2.83. The number of aromatic nitrogens is 2. The number of rotatable bonds is 6. The van der Waals surface area contributed by atoms with E-state index in [0.29, 0.717) is 0 Å². The standard InChI is InChI=1S/C13H21N3O/c17-9-8-16(11-13-14-6-7-15-13)10-12-4-2-1-3-5-12/h1-2,6-7,12,17H,3-5,8-11H2,(H,14,15). The summed E-state index contributed by atoms with van der Waals surface area (Å²) in [5.74, 6) is 1.70. The molecule has 1 aromatic rings. The van der Waals surface area contributed by atoms with E-state index in [1.54, 1.807) is 6.20 Å². The smallest absolute Gasteiger partial charge is 0.120 e. The maximum Gasteiger partial charge on any atom is 0.120 e. The third-order valence-electron chi connectivity index (χ3n) is 3.24. The van der Waals surface area contributed by atoms with E-state index in [-0.39, 0.29) is 6.61 Å². The first-order valence-corrected chi connectivity index (χ1v) is 6.35. The lowest BCUT2D eigenvalue weighted by Gasteiger charge is -2.26. The van der Waals surface area contributed by atoms with E-state index in [4.69, 9.17) is 5.11 Å². The molecular formula is C13H21N3O. The monoisotopic (exact) mass is 235 g/mol. The van der Waals surface area contributed by atoms with Gasteiger partial charge in [0.15, 0.2) is 0 Å². The van der Waals surface area contributed by atoms with Crippen LogP contribution < -0.4 is 0 Å². The number of hydrogen-bond acceptors (Lipinski definition) is 3. The summed E-state index contributed by atoms with van der Waals surface area (Å²) in [6, 6.07) is 0. The van der Waals surface area contributed by atoms with Gasteiger partial charge in [-0.2, -0.15) is 0 Å². The Morgan fingerprint density at radius 3 is 3.06 bits per heavy atom. The van der Waals surface area contributed by atoms with Gasteiger partial charge in [0, 0.05) is 25.5 Å². The lowest BCUT2D eigenvalue weighted by Crippen LogP contribution is -2.32. The van der Waals surface area contributed by atoms with Crippen molar-refractivity contribution in [1.29, 1.82) is 0 Å². The molecule has 2 rings (SSSR count). The lowest BCUT2D eigenvalue weighted by atomic mass is 9.94. The average molecular weight is 235 g/mol. The van der Waals surface area contributed by atoms with Crippen molar-refractivity contribution >= 4 is 0 Å². The van der Waals surface area contributed by atoms with Gasteiger partial charge >= 0.3 is 0 Å². The molecule has 0 amide bonds. The molecule has 0 spiro atoms. The van der Waals surface area contributed by atoms with Crippen LogP contribution in [0, 0.1) is 5.92 Å². The highest BCUT2D eigenvalue weighted by atomic mass is 16.3. The minimum absolute atomic E-state index is 0.212. The first kappa shape index (κ1) is 12.3. The third-order valence-corrected chi connectivity index (χ3v) is 3.24. The molecule has 1 unspecified atom stereocenters. The predicted molar refractivity (Wildman–Crippen MR) is 67.4 cm³/mol. The van der Waals surface area contributed by atoms with Crippen molar-refractivity contribution < 1.29 is 5.11 Å². The second kappa shape index (κ2) is 6.57. The Hall–Kier alpha value is -1.13. The molecule has 0 aliphatic heterocycles. The molecule has 0 saturated heterocycles. The number of nitrogens with zero attached hydrogens (tertiary/aromatic N) is 2. The van der Waals surface area contributed by atoms with Crippen LogP contribution in [-0.2, 0) is 6.54 Å². The van der Waals surface area contributed by atoms with Crippen molar-refractivity contribution in [2.24, 2.45) is 5.92 Å². The summed E-state index contributed by atoms with van der Waals surface area (Å²) in [5, 5.41) is 9.11. The topological polar surface area (TPSA) is 52.1 Å². The Balaban J connectivity index is 1.85. The molecule has 4 heteroatoms. The molecule has 4 nitrogen and oxygen atoms in total. The summed E-state index contributed by atoms with van der Waals surface area (Å²) < 4.78 is 0. The van der Waals surface area contributed by atoms with E-state index in [1.807, 2.05) is 6.20 Å². The van der Waals surface area contributed by atoms with Crippen LogP contribution in [0.2, 0.25) is 0 Å². The largest absolute Gasteiger partial charge is 0.395 e. The highest BCUT2D eigenvalue weighted by molar-refractivity contribution is 4.92. The number of allylic oxidation sites excluding steroid dienone is 2. The van der Waals surface area contributed by atoms with Gasteiger partial charge in [0.05, 0.1) is 13.2 Å². The first-order valence-electron chi connectivity index (χ1n) is 6.35. The zero-order chi connectivity index (χ0) is 11.9.